The summed E-state index contributed by atoms with van der Waals surface area (Å²) in [6, 6.07) is 0. The number of rotatable bonds is 14. The fourth-order valence-electron chi connectivity index (χ4n) is 2.90. The van der Waals surface area contributed by atoms with Crippen molar-refractivity contribution >= 4 is 0 Å². The lowest BCUT2D eigenvalue weighted by atomic mass is 9.87. The lowest BCUT2D eigenvalue weighted by Crippen LogP contribution is -2.07. The Morgan fingerprint density at radius 1 is 0.684 bits per heavy atom. The minimum atomic E-state index is 0.831. The van der Waals surface area contributed by atoms with E-state index in [0.717, 1.165) is 11.8 Å². The van der Waals surface area contributed by atoms with E-state index >= 15 is 0 Å². The van der Waals surface area contributed by atoms with E-state index in [1.807, 2.05) is 0 Å². The maximum atomic E-state index is 2.65. The highest BCUT2D eigenvalue weighted by Crippen LogP contribution is 2.24. The van der Waals surface area contributed by atoms with Crippen molar-refractivity contribution in [1.82, 2.24) is 0 Å². The first-order chi connectivity index (χ1) is 9.24. The summed E-state index contributed by atoms with van der Waals surface area (Å²) in [4.78, 5) is 0. The zero-order chi connectivity index (χ0) is 14.3. The Morgan fingerprint density at radius 2 is 1.21 bits per heavy atom. The maximum absolute atomic E-state index is 2.65. The summed E-state index contributed by atoms with van der Waals surface area (Å²) >= 11 is 0. The molecule has 0 heteroatoms. The average molecular weight is 268 g/mol. The molecule has 0 saturated heterocycles. The molecule has 0 spiro atoms. The lowest BCUT2D eigenvalue weighted by Gasteiger charge is -2.19. The van der Waals surface area contributed by atoms with Gasteiger partial charge in [0.25, 0.3) is 0 Å². The topological polar surface area (TPSA) is 0 Å². The van der Waals surface area contributed by atoms with E-state index < -0.39 is 0 Å². The molecular weight excluding hydrogens is 228 g/mol. The Morgan fingerprint density at radius 3 is 1.84 bits per heavy atom. The second kappa shape index (κ2) is 14.4. The summed E-state index contributed by atoms with van der Waals surface area (Å²) < 4.78 is 0. The van der Waals surface area contributed by atoms with E-state index in [4.69, 9.17) is 0 Å². The monoisotopic (exact) mass is 267 g/mol. The Bertz CT molecular complexity index is 161. The van der Waals surface area contributed by atoms with Gasteiger partial charge in [-0.2, -0.15) is 0 Å². The van der Waals surface area contributed by atoms with Gasteiger partial charge in [0.05, 0.1) is 0 Å². The Balaban J connectivity index is 3.50. The fourth-order valence-corrected chi connectivity index (χ4v) is 2.90. The standard InChI is InChI=1S/C19H39/c1-5-8-10-11-12-14-15-18(4)17-19(7-3)16-13-9-6-2/h17-19H,5-16H2,1-4H3. The first kappa shape index (κ1) is 19.0. The summed E-state index contributed by atoms with van der Waals surface area (Å²) in [5.74, 6) is 1.71. The van der Waals surface area contributed by atoms with Crippen molar-refractivity contribution in [2.24, 2.45) is 11.8 Å². The van der Waals surface area contributed by atoms with Crippen LogP contribution < -0.4 is 0 Å². The predicted molar refractivity (Wildman–Crippen MR) is 89.4 cm³/mol. The second-order valence-corrected chi connectivity index (χ2v) is 6.39. The van der Waals surface area contributed by atoms with Crippen LogP contribution in [0.25, 0.3) is 0 Å². The van der Waals surface area contributed by atoms with Crippen molar-refractivity contribution in [2.45, 2.75) is 105 Å². The third-order valence-electron chi connectivity index (χ3n) is 4.32. The lowest BCUT2D eigenvalue weighted by molar-refractivity contribution is 0.424. The molecule has 0 aromatic carbocycles. The van der Waals surface area contributed by atoms with E-state index in [2.05, 4.69) is 34.1 Å². The van der Waals surface area contributed by atoms with Gasteiger partial charge in [0, 0.05) is 0 Å². The molecule has 0 aliphatic rings. The van der Waals surface area contributed by atoms with Gasteiger partial charge in [0.1, 0.15) is 0 Å². The molecule has 115 valence electrons. The largest absolute Gasteiger partial charge is 0.0654 e. The average Bonchev–Trinajstić information content (AvgIpc) is 2.41. The van der Waals surface area contributed by atoms with Crippen LogP contribution in [0.5, 0.6) is 0 Å². The summed E-state index contributed by atoms with van der Waals surface area (Å²) in [7, 11) is 0. The molecule has 0 aromatic heterocycles. The summed E-state index contributed by atoms with van der Waals surface area (Å²) in [5.41, 5.74) is 0. The SMILES string of the molecule is CCCCCCCCC(C)[CH]C(CC)CCCCC. The Labute approximate surface area is 123 Å². The van der Waals surface area contributed by atoms with Gasteiger partial charge in [-0.15, -0.1) is 0 Å². The van der Waals surface area contributed by atoms with E-state index in [-0.39, 0.29) is 0 Å². The molecule has 0 nitrogen and oxygen atoms in total. The highest BCUT2D eigenvalue weighted by Gasteiger charge is 2.11. The van der Waals surface area contributed by atoms with Crippen LogP contribution in [-0.4, -0.2) is 0 Å². The molecule has 0 amide bonds. The van der Waals surface area contributed by atoms with Crippen molar-refractivity contribution < 1.29 is 0 Å². The Kier molecular flexibility index (Phi) is 14.4. The Hall–Kier alpha value is 0. The molecule has 0 aliphatic carbocycles. The van der Waals surface area contributed by atoms with Gasteiger partial charge in [0.15, 0.2) is 0 Å². The predicted octanol–water partition coefficient (Wildman–Crippen LogP) is 7.18. The van der Waals surface area contributed by atoms with E-state index in [1.54, 1.807) is 0 Å². The van der Waals surface area contributed by atoms with Crippen LogP contribution in [0.1, 0.15) is 105 Å². The van der Waals surface area contributed by atoms with Crippen molar-refractivity contribution in [3.8, 4) is 0 Å². The van der Waals surface area contributed by atoms with Crippen LogP contribution >= 0.6 is 0 Å². The molecular formula is C19H39. The molecule has 0 rings (SSSR count). The van der Waals surface area contributed by atoms with Gasteiger partial charge >= 0.3 is 0 Å². The zero-order valence-electron chi connectivity index (χ0n) is 14.2. The van der Waals surface area contributed by atoms with Crippen LogP contribution in [0.15, 0.2) is 0 Å². The smallest absolute Gasteiger partial charge is 0.0327 e. The molecule has 2 atom stereocenters. The molecule has 0 saturated carbocycles. The minimum absolute atomic E-state index is 0.831. The minimum Gasteiger partial charge on any atom is -0.0654 e. The summed E-state index contributed by atoms with van der Waals surface area (Å²) in [5, 5.41) is 0. The third kappa shape index (κ3) is 12.8. The van der Waals surface area contributed by atoms with Gasteiger partial charge in [-0.3, -0.25) is 0 Å². The zero-order valence-corrected chi connectivity index (χ0v) is 14.2. The molecule has 0 aromatic rings. The molecule has 1 radical (unpaired) electrons. The van der Waals surface area contributed by atoms with Gasteiger partial charge in [-0.1, -0.05) is 105 Å². The fraction of sp³-hybridized carbons (Fsp3) is 0.947. The molecule has 0 fully saturated rings. The second-order valence-electron chi connectivity index (χ2n) is 6.39. The third-order valence-corrected chi connectivity index (χ3v) is 4.32. The van der Waals surface area contributed by atoms with Gasteiger partial charge in [-0.25, -0.2) is 0 Å². The first-order valence-corrected chi connectivity index (χ1v) is 9.09. The highest BCUT2D eigenvalue weighted by atomic mass is 14.2. The van der Waals surface area contributed by atoms with Crippen LogP contribution in [0.4, 0.5) is 0 Å². The van der Waals surface area contributed by atoms with E-state index in [0.29, 0.717) is 0 Å². The van der Waals surface area contributed by atoms with Crippen LogP contribution in [-0.2, 0) is 0 Å². The van der Waals surface area contributed by atoms with Crippen molar-refractivity contribution in [1.29, 1.82) is 0 Å². The molecule has 0 bridgehead atoms. The van der Waals surface area contributed by atoms with E-state index in [9.17, 15) is 0 Å². The van der Waals surface area contributed by atoms with Crippen LogP contribution in [0.2, 0.25) is 0 Å². The molecule has 0 aliphatic heterocycles. The number of unbranched alkanes of at least 4 members (excludes halogenated alkanes) is 7. The van der Waals surface area contributed by atoms with Crippen molar-refractivity contribution in [3.05, 3.63) is 6.42 Å². The van der Waals surface area contributed by atoms with Gasteiger partial charge in [-0.05, 0) is 18.3 Å². The quantitative estimate of drug-likeness (QED) is 0.292. The van der Waals surface area contributed by atoms with Crippen molar-refractivity contribution in [3.63, 3.8) is 0 Å². The van der Waals surface area contributed by atoms with Gasteiger partial charge in [0.2, 0.25) is 0 Å². The normalized spacial score (nSPS) is 14.5. The molecule has 0 N–H and O–H groups in total. The van der Waals surface area contributed by atoms with E-state index in [1.165, 1.54) is 77.0 Å². The van der Waals surface area contributed by atoms with Crippen LogP contribution in [0, 0.1) is 18.3 Å². The highest BCUT2D eigenvalue weighted by molar-refractivity contribution is 4.80. The maximum Gasteiger partial charge on any atom is -0.0327 e. The van der Waals surface area contributed by atoms with Crippen molar-refractivity contribution in [2.75, 3.05) is 0 Å². The number of hydrogen-bond donors (Lipinski definition) is 0. The summed E-state index contributed by atoms with van der Waals surface area (Å²) in [6.07, 6.45) is 19.6. The number of hydrogen-bond acceptors (Lipinski definition) is 0. The molecule has 19 heavy (non-hydrogen) atoms. The molecule has 0 heterocycles. The summed E-state index contributed by atoms with van der Waals surface area (Å²) in [6.45, 7) is 9.37. The molecule has 2 unspecified atom stereocenters. The first-order valence-electron chi connectivity index (χ1n) is 9.09. The van der Waals surface area contributed by atoms with Gasteiger partial charge < -0.3 is 0 Å². The van der Waals surface area contributed by atoms with Crippen LogP contribution in [0.3, 0.4) is 0 Å².